The summed E-state index contributed by atoms with van der Waals surface area (Å²) in [5.74, 6) is 1.30. The van der Waals surface area contributed by atoms with Gasteiger partial charge in [0.1, 0.15) is 11.5 Å². The van der Waals surface area contributed by atoms with Crippen LogP contribution in [0.15, 0.2) is 72.8 Å². The number of ether oxygens (including phenoxy) is 2. The highest BCUT2D eigenvalue weighted by Crippen LogP contribution is 2.28. The van der Waals surface area contributed by atoms with E-state index in [1.165, 1.54) is 7.11 Å². The molecule has 3 heteroatoms. The van der Waals surface area contributed by atoms with Crippen LogP contribution in [0.4, 0.5) is 0 Å². The van der Waals surface area contributed by atoms with E-state index in [0.717, 1.165) is 28.2 Å². The highest BCUT2D eigenvalue weighted by molar-refractivity contribution is 5.89. The highest BCUT2D eigenvalue weighted by Gasteiger charge is 2.05. The van der Waals surface area contributed by atoms with Gasteiger partial charge in [-0.2, -0.15) is 0 Å². The van der Waals surface area contributed by atoms with Crippen LogP contribution in [0.5, 0.6) is 11.5 Å². The molecule has 0 saturated carbocycles. The smallest absolute Gasteiger partial charge is 0.337 e. The van der Waals surface area contributed by atoms with Gasteiger partial charge in [0.15, 0.2) is 0 Å². The fourth-order valence-electron chi connectivity index (χ4n) is 2.53. The van der Waals surface area contributed by atoms with E-state index in [9.17, 15) is 4.79 Å². The molecule has 0 heterocycles. The molecule has 0 unspecified atom stereocenters. The van der Waals surface area contributed by atoms with Crippen LogP contribution in [0.2, 0.25) is 0 Å². The number of carbonyl (C=O) groups is 1. The number of hydrogen-bond donors (Lipinski definition) is 0. The Balaban J connectivity index is 1.81. The molecule has 0 aliphatic carbocycles. The first-order chi connectivity index (χ1) is 12.7. The number of esters is 1. The van der Waals surface area contributed by atoms with E-state index in [1.807, 2.05) is 79.7 Å². The minimum atomic E-state index is -0.336. The van der Waals surface area contributed by atoms with Gasteiger partial charge in [-0.3, -0.25) is 0 Å². The summed E-state index contributed by atoms with van der Waals surface area (Å²) in [5.41, 5.74) is 3.59. The minimum Gasteiger partial charge on any atom is -0.465 e. The van der Waals surface area contributed by atoms with Crippen LogP contribution in [-0.2, 0) is 4.74 Å². The van der Waals surface area contributed by atoms with Crippen LogP contribution in [0, 0.1) is 6.92 Å². The van der Waals surface area contributed by atoms with Crippen molar-refractivity contribution in [3.63, 3.8) is 0 Å². The lowest BCUT2D eigenvalue weighted by Crippen LogP contribution is -2.00. The lowest BCUT2D eigenvalue weighted by molar-refractivity contribution is 0.0600. The largest absolute Gasteiger partial charge is 0.465 e. The standard InChI is InChI=1S/C23H20O3/c1-17-7-3-5-9-21(17)26-22-10-6-4-8-19(22)14-11-18-12-15-20(16-13-18)23(24)25-2/h3-16H,1-2H3/b14-11+. The monoisotopic (exact) mass is 344 g/mol. The van der Waals surface area contributed by atoms with E-state index in [-0.39, 0.29) is 5.97 Å². The molecule has 130 valence electrons. The Morgan fingerprint density at radius 2 is 1.46 bits per heavy atom. The number of carbonyl (C=O) groups excluding carboxylic acids is 1. The SMILES string of the molecule is COC(=O)c1ccc(/C=C/c2ccccc2Oc2ccccc2C)cc1. The molecular formula is C23H20O3. The molecule has 0 radical (unpaired) electrons. The Kier molecular flexibility index (Phi) is 5.49. The molecule has 0 saturated heterocycles. The lowest BCUT2D eigenvalue weighted by atomic mass is 10.1. The topological polar surface area (TPSA) is 35.5 Å². The molecule has 26 heavy (non-hydrogen) atoms. The van der Waals surface area contributed by atoms with Gasteiger partial charge in [0.05, 0.1) is 12.7 Å². The van der Waals surface area contributed by atoms with E-state index in [2.05, 4.69) is 0 Å². The van der Waals surface area contributed by atoms with Gasteiger partial charge >= 0.3 is 5.97 Å². The third-order valence-electron chi connectivity index (χ3n) is 4.02. The summed E-state index contributed by atoms with van der Waals surface area (Å²) in [5, 5.41) is 0. The minimum absolute atomic E-state index is 0.336. The number of hydrogen-bond acceptors (Lipinski definition) is 3. The van der Waals surface area contributed by atoms with Crippen molar-refractivity contribution in [1.82, 2.24) is 0 Å². The van der Waals surface area contributed by atoms with E-state index >= 15 is 0 Å². The molecule has 3 nitrogen and oxygen atoms in total. The summed E-state index contributed by atoms with van der Waals surface area (Å²) in [7, 11) is 1.38. The second-order valence-corrected chi connectivity index (χ2v) is 5.85. The van der Waals surface area contributed by atoms with Gasteiger partial charge in [0.25, 0.3) is 0 Å². The average Bonchev–Trinajstić information content (AvgIpc) is 2.69. The van der Waals surface area contributed by atoms with Gasteiger partial charge in [0.2, 0.25) is 0 Å². The van der Waals surface area contributed by atoms with Gasteiger partial charge in [0, 0.05) is 5.56 Å². The van der Waals surface area contributed by atoms with Gasteiger partial charge in [-0.05, 0) is 42.3 Å². The zero-order valence-corrected chi connectivity index (χ0v) is 14.8. The van der Waals surface area contributed by atoms with Gasteiger partial charge in [-0.1, -0.05) is 60.7 Å². The maximum atomic E-state index is 11.5. The Morgan fingerprint density at radius 1 is 0.808 bits per heavy atom. The van der Waals surface area contributed by atoms with Crippen molar-refractivity contribution >= 4 is 18.1 Å². The average molecular weight is 344 g/mol. The Morgan fingerprint density at radius 3 is 2.15 bits per heavy atom. The molecule has 0 aromatic heterocycles. The molecule has 3 aromatic rings. The van der Waals surface area contributed by atoms with Crippen molar-refractivity contribution in [3.05, 3.63) is 95.1 Å². The summed E-state index contributed by atoms with van der Waals surface area (Å²) in [4.78, 5) is 11.5. The zero-order chi connectivity index (χ0) is 18.4. The van der Waals surface area contributed by atoms with Crippen LogP contribution < -0.4 is 4.74 Å². The van der Waals surface area contributed by atoms with Gasteiger partial charge in [-0.15, -0.1) is 0 Å². The molecule has 0 bridgehead atoms. The molecule has 0 spiro atoms. The fraction of sp³-hybridized carbons (Fsp3) is 0.0870. The van der Waals surface area contributed by atoms with E-state index in [4.69, 9.17) is 9.47 Å². The number of methoxy groups -OCH3 is 1. The van der Waals surface area contributed by atoms with Gasteiger partial charge in [-0.25, -0.2) is 4.79 Å². The van der Waals surface area contributed by atoms with Gasteiger partial charge < -0.3 is 9.47 Å². The molecule has 0 fully saturated rings. The van der Waals surface area contributed by atoms with Crippen molar-refractivity contribution in [2.24, 2.45) is 0 Å². The predicted octanol–water partition coefficient (Wildman–Crippen LogP) is 5.74. The maximum Gasteiger partial charge on any atom is 0.337 e. The predicted molar refractivity (Wildman–Crippen MR) is 104 cm³/mol. The first kappa shape index (κ1) is 17.5. The number of aryl methyl sites for hydroxylation is 1. The number of benzene rings is 3. The van der Waals surface area contributed by atoms with Crippen LogP contribution in [0.25, 0.3) is 12.2 Å². The molecule has 3 rings (SSSR count). The van der Waals surface area contributed by atoms with Crippen LogP contribution in [-0.4, -0.2) is 13.1 Å². The summed E-state index contributed by atoms with van der Waals surface area (Å²) in [6, 6.07) is 23.1. The Labute approximate surface area is 153 Å². The fourth-order valence-corrected chi connectivity index (χ4v) is 2.53. The van der Waals surface area contributed by atoms with E-state index < -0.39 is 0 Å². The van der Waals surface area contributed by atoms with Crippen molar-refractivity contribution in [2.75, 3.05) is 7.11 Å². The van der Waals surface area contributed by atoms with Crippen LogP contribution in [0.1, 0.15) is 27.0 Å². The summed E-state index contributed by atoms with van der Waals surface area (Å²) >= 11 is 0. The summed E-state index contributed by atoms with van der Waals surface area (Å²) in [6.07, 6.45) is 3.99. The highest BCUT2D eigenvalue weighted by atomic mass is 16.5. The number of para-hydroxylation sites is 2. The normalized spacial score (nSPS) is 10.7. The Hall–Kier alpha value is -3.33. The summed E-state index contributed by atoms with van der Waals surface area (Å²) in [6.45, 7) is 2.02. The third kappa shape index (κ3) is 4.19. The second-order valence-electron chi connectivity index (χ2n) is 5.85. The van der Waals surface area contributed by atoms with Crippen LogP contribution >= 0.6 is 0 Å². The van der Waals surface area contributed by atoms with Crippen molar-refractivity contribution < 1.29 is 14.3 Å². The zero-order valence-electron chi connectivity index (χ0n) is 14.8. The molecule has 0 atom stereocenters. The summed E-state index contributed by atoms with van der Waals surface area (Å²) < 4.78 is 10.8. The van der Waals surface area contributed by atoms with Crippen molar-refractivity contribution in [3.8, 4) is 11.5 Å². The molecule has 0 aliphatic rings. The quantitative estimate of drug-likeness (QED) is 0.437. The first-order valence-corrected chi connectivity index (χ1v) is 8.36. The first-order valence-electron chi connectivity index (χ1n) is 8.36. The van der Waals surface area contributed by atoms with Crippen molar-refractivity contribution in [1.29, 1.82) is 0 Å². The second kappa shape index (κ2) is 8.17. The molecule has 0 amide bonds. The molecule has 0 aliphatic heterocycles. The Bertz CT molecular complexity index is 924. The third-order valence-corrected chi connectivity index (χ3v) is 4.02. The van der Waals surface area contributed by atoms with E-state index in [0.29, 0.717) is 5.56 Å². The molecule has 0 N–H and O–H groups in total. The number of rotatable bonds is 5. The lowest BCUT2D eigenvalue weighted by Gasteiger charge is -2.10. The van der Waals surface area contributed by atoms with Crippen molar-refractivity contribution in [2.45, 2.75) is 6.92 Å². The van der Waals surface area contributed by atoms with E-state index in [1.54, 1.807) is 12.1 Å². The van der Waals surface area contributed by atoms with Crippen LogP contribution in [0.3, 0.4) is 0 Å². The molecular weight excluding hydrogens is 324 g/mol. The maximum absolute atomic E-state index is 11.5. The molecule has 3 aromatic carbocycles.